The number of hydrogen-bond donors (Lipinski definition) is 1. The van der Waals surface area contributed by atoms with Crippen LogP contribution in [-0.2, 0) is 4.79 Å². The Morgan fingerprint density at radius 3 is 2.89 bits per heavy atom. The van der Waals surface area contributed by atoms with E-state index in [1.807, 2.05) is 12.1 Å². The standard InChI is InChI=1S/C13H9ClN2O2/c14-9-5-2-1-4-8(9)11-13(17)16-12-10(18-11)6-3-7-15-12/h1-7,11H,(H,15,16,17). The lowest BCUT2D eigenvalue weighted by Crippen LogP contribution is -2.30. The molecule has 1 unspecified atom stereocenters. The van der Waals surface area contributed by atoms with E-state index < -0.39 is 6.10 Å². The third-order valence-corrected chi connectivity index (χ3v) is 3.03. The fourth-order valence-corrected chi connectivity index (χ4v) is 2.07. The summed E-state index contributed by atoms with van der Waals surface area (Å²) in [6.07, 6.45) is 0.855. The van der Waals surface area contributed by atoms with Crippen LogP contribution in [0.5, 0.6) is 5.75 Å². The summed E-state index contributed by atoms with van der Waals surface area (Å²) < 4.78 is 5.65. The zero-order chi connectivity index (χ0) is 12.5. The molecular formula is C13H9ClN2O2. The highest BCUT2D eigenvalue weighted by Gasteiger charge is 2.30. The number of halogens is 1. The molecule has 1 aliphatic heterocycles. The second kappa shape index (κ2) is 4.31. The highest BCUT2D eigenvalue weighted by Crippen LogP contribution is 2.35. The van der Waals surface area contributed by atoms with Crippen LogP contribution < -0.4 is 10.1 Å². The topological polar surface area (TPSA) is 51.2 Å². The Morgan fingerprint density at radius 1 is 1.22 bits per heavy atom. The summed E-state index contributed by atoms with van der Waals surface area (Å²) in [6.45, 7) is 0. The molecule has 2 heterocycles. The monoisotopic (exact) mass is 260 g/mol. The molecule has 0 spiro atoms. The van der Waals surface area contributed by atoms with Crippen LogP contribution in [0, 0.1) is 0 Å². The van der Waals surface area contributed by atoms with Gasteiger partial charge in [-0.05, 0) is 18.2 Å². The molecule has 18 heavy (non-hydrogen) atoms. The van der Waals surface area contributed by atoms with Gasteiger partial charge in [0.05, 0.1) is 0 Å². The number of hydrogen-bond acceptors (Lipinski definition) is 3. The van der Waals surface area contributed by atoms with E-state index in [1.165, 1.54) is 0 Å². The van der Waals surface area contributed by atoms with Gasteiger partial charge < -0.3 is 10.1 Å². The fraction of sp³-hybridized carbons (Fsp3) is 0.0769. The van der Waals surface area contributed by atoms with Gasteiger partial charge in [-0.3, -0.25) is 4.79 Å². The number of nitrogens with zero attached hydrogens (tertiary/aromatic N) is 1. The van der Waals surface area contributed by atoms with Gasteiger partial charge in [0.15, 0.2) is 11.6 Å². The number of fused-ring (bicyclic) bond motifs is 1. The molecule has 0 aliphatic carbocycles. The molecule has 0 bridgehead atoms. The van der Waals surface area contributed by atoms with Crippen LogP contribution >= 0.6 is 11.6 Å². The van der Waals surface area contributed by atoms with Crippen LogP contribution in [0.1, 0.15) is 11.7 Å². The number of nitrogens with one attached hydrogen (secondary N) is 1. The van der Waals surface area contributed by atoms with Crippen LogP contribution in [0.2, 0.25) is 5.02 Å². The van der Waals surface area contributed by atoms with E-state index in [0.717, 1.165) is 0 Å². The van der Waals surface area contributed by atoms with Crippen molar-refractivity contribution >= 4 is 23.3 Å². The van der Waals surface area contributed by atoms with E-state index in [9.17, 15) is 4.79 Å². The number of pyridine rings is 1. The molecule has 3 rings (SSSR count). The number of rotatable bonds is 1. The lowest BCUT2D eigenvalue weighted by molar-refractivity contribution is -0.123. The number of amides is 1. The fourth-order valence-electron chi connectivity index (χ4n) is 1.83. The summed E-state index contributed by atoms with van der Waals surface area (Å²) in [6, 6.07) is 10.6. The minimum Gasteiger partial charge on any atom is -0.472 e. The van der Waals surface area contributed by atoms with Crippen molar-refractivity contribution in [3.05, 3.63) is 53.2 Å². The molecule has 0 fully saturated rings. The van der Waals surface area contributed by atoms with E-state index in [2.05, 4.69) is 10.3 Å². The second-order valence-corrected chi connectivity index (χ2v) is 4.27. The highest BCUT2D eigenvalue weighted by molar-refractivity contribution is 6.31. The minimum absolute atomic E-state index is 0.269. The number of carbonyl (C=O) groups excluding carboxylic acids is 1. The molecular weight excluding hydrogens is 252 g/mol. The molecule has 90 valence electrons. The van der Waals surface area contributed by atoms with Gasteiger partial charge in [-0.1, -0.05) is 29.8 Å². The molecule has 1 atom stereocenters. The van der Waals surface area contributed by atoms with Crippen molar-refractivity contribution in [3.63, 3.8) is 0 Å². The van der Waals surface area contributed by atoms with Crippen molar-refractivity contribution in [2.24, 2.45) is 0 Å². The summed E-state index contributed by atoms with van der Waals surface area (Å²) >= 11 is 6.07. The maximum atomic E-state index is 12.0. The Bertz CT molecular complexity index is 615. The van der Waals surface area contributed by atoms with Gasteiger partial charge in [-0.25, -0.2) is 4.98 Å². The summed E-state index contributed by atoms with van der Waals surface area (Å²) in [5.74, 6) is 0.710. The molecule has 1 N–H and O–H groups in total. The molecule has 2 aromatic rings. The first-order valence-corrected chi connectivity index (χ1v) is 5.80. The van der Waals surface area contributed by atoms with E-state index in [4.69, 9.17) is 16.3 Å². The highest BCUT2D eigenvalue weighted by atomic mass is 35.5. The first kappa shape index (κ1) is 11.0. The van der Waals surface area contributed by atoms with E-state index >= 15 is 0 Å². The third-order valence-electron chi connectivity index (χ3n) is 2.68. The number of benzene rings is 1. The van der Waals surface area contributed by atoms with Crippen molar-refractivity contribution in [1.29, 1.82) is 0 Å². The molecule has 1 aromatic heterocycles. The van der Waals surface area contributed by atoms with Gasteiger partial charge in [0.2, 0.25) is 6.10 Å². The van der Waals surface area contributed by atoms with Gasteiger partial charge in [0, 0.05) is 16.8 Å². The molecule has 4 nitrogen and oxygen atoms in total. The molecule has 0 saturated carbocycles. The first-order valence-electron chi connectivity index (χ1n) is 5.42. The maximum absolute atomic E-state index is 12.0. The zero-order valence-corrected chi connectivity index (χ0v) is 10.0. The van der Waals surface area contributed by atoms with E-state index in [1.54, 1.807) is 30.5 Å². The van der Waals surface area contributed by atoms with Crippen molar-refractivity contribution in [2.75, 3.05) is 5.32 Å². The average Bonchev–Trinajstić information content (AvgIpc) is 2.39. The van der Waals surface area contributed by atoms with Gasteiger partial charge in [0.1, 0.15) is 0 Å². The molecule has 1 aromatic carbocycles. The van der Waals surface area contributed by atoms with Gasteiger partial charge in [-0.15, -0.1) is 0 Å². The van der Waals surface area contributed by atoms with Gasteiger partial charge in [0.25, 0.3) is 5.91 Å². The summed E-state index contributed by atoms with van der Waals surface area (Å²) in [7, 11) is 0. The summed E-state index contributed by atoms with van der Waals surface area (Å²) in [5.41, 5.74) is 0.645. The molecule has 0 saturated heterocycles. The van der Waals surface area contributed by atoms with Crippen molar-refractivity contribution in [1.82, 2.24) is 4.98 Å². The lowest BCUT2D eigenvalue weighted by Gasteiger charge is -2.25. The van der Waals surface area contributed by atoms with Gasteiger partial charge in [-0.2, -0.15) is 0 Å². The number of ether oxygens (including phenoxy) is 1. The Kier molecular flexibility index (Phi) is 2.64. The summed E-state index contributed by atoms with van der Waals surface area (Å²) in [5, 5.41) is 3.21. The van der Waals surface area contributed by atoms with Crippen molar-refractivity contribution in [3.8, 4) is 5.75 Å². The van der Waals surface area contributed by atoms with Crippen LogP contribution in [0.3, 0.4) is 0 Å². The van der Waals surface area contributed by atoms with E-state index in [-0.39, 0.29) is 5.91 Å². The first-order chi connectivity index (χ1) is 8.75. The molecule has 1 aliphatic rings. The predicted molar refractivity (Wildman–Crippen MR) is 67.7 cm³/mol. The predicted octanol–water partition coefficient (Wildman–Crippen LogP) is 2.81. The minimum atomic E-state index is -0.740. The van der Waals surface area contributed by atoms with Crippen molar-refractivity contribution < 1.29 is 9.53 Å². The SMILES string of the molecule is O=C1Nc2ncccc2OC1c1ccccc1Cl. The smallest absolute Gasteiger partial charge is 0.271 e. The molecule has 1 amide bonds. The van der Waals surface area contributed by atoms with Crippen LogP contribution in [0.4, 0.5) is 5.82 Å². The maximum Gasteiger partial charge on any atom is 0.271 e. The molecule has 5 heteroatoms. The Hall–Kier alpha value is -2.07. The zero-order valence-electron chi connectivity index (χ0n) is 9.26. The van der Waals surface area contributed by atoms with Crippen LogP contribution in [-0.4, -0.2) is 10.9 Å². The number of aromatic nitrogens is 1. The number of carbonyl (C=O) groups is 1. The van der Waals surface area contributed by atoms with Crippen molar-refractivity contribution in [2.45, 2.75) is 6.10 Å². The van der Waals surface area contributed by atoms with Crippen LogP contribution in [0.15, 0.2) is 42.6 Å². The quantitative estimate of drug-likeness (QED) is 0.858. The average molecular weight is 261 g/mol. The Labute approximate surface area is 109 Å². The largest absolute Gasteiger partial charge is 0.472 e. The number of anilines is 1. The Balaban J connectivity index is 2.01. The van der Waals surface area contributed by atoms with Crippen LogP contribution in [0.25, 0.3) is 0 Å². The van der Waals surface area contributed by atoms with Gasteiger partial charge >= 0.3 is 0 Å². The normalized spacial score (nSPS) is 17.6. The summed E-state index contributed by atoms with van der Waals surface area (Å²) in [4.78, 5) is 16.0. The second-order valence-electron chi connectivity index (χ2n) is 3.86. The van der Waals surface area contributed by atoms with E-state index in [0.29, 0.717) is 22.2 Å². The molecule has 0 radical (unpaired) electrons. The third kappa shape index (κ3) is 1.80. The lowest BCUT2D eigenvalue weighted by atomic mass is 10.1. The Morgan fingerprint density at radius 2 is 2.06 bits per heavy atom.